The fraction of sp³-hybridized carbons (Fsp3) is 0.312. The lowest BCUT2D eigenvalue weighted by molar-refractivity contribution is -0.149. The van der Waals surface area contributed by atoms with Gasteiger partial charge in [-0.1, -0.05) is 36.4 Å². The molecule has 0 fully saturated rings. The van der Waals surface area contributed by atoms with Crippen molar-refractivity contribution in [3.8, 4) is 0 Å². The third kappa shape index (κ3) is 3.90. The van der Waals surface area contributed by atoms with Crippen LogP contribution in [0.2, 0.25) is 0 Å². The number of ether oxygens (including phenoxy) is 1. The molecular formula is C16H16F3NO2. The molecule has 0 saturated heterocycles. The van der Waals surface area contributed by atoms with E-state index in [1.165, 1.54) is 0 Å². The van der Waals surface area contributed by atoms with Gasteiger partial charge in [0.05, 0.1) is 7.11 Å². The van der Waals surface area contributed by atoms with Gasteiger partial charge in [0.1, 0.15) is 6.04 Å². The van der Waals surface area contributed by atoms with E-state index in [0.717, 1.165) is 12.5 Å². The zero-order chi connectivity index (χ0) is 16.2. The van der Waals surface area contributed by atoms with E-state index in [2.05, 4.69) is 10.1 Å². The summed E-state index contributed by atoms with van der Waals surface area (Å²) in [6, 6.07) is 10.5. The van der Waals surface area contributed by atoms with Crippen molar-refractivity contribution in [2.24, 2.45) is 0 Å². The fourth-order valence-electron chi connectivity index (χ4n) is 2.22. The normalized spacial score (nSPS) is 12.9. The Hall–Kier alpha value is -2.24. The third-order valence-electron chi connectivity index (χ3n) is 3.38. The smallest absolute Gasteiger partial charge is 0.408 e. The van der Waals surface area contributed by atoms with Crippen molar-refractivity contribution in [1.82, 2.24) is 0 Å². The Bertz CT molecular complexity index is 650. The number of carbonyl (C=O) groups excluding carboxylic acids is 1. The number of anilines is 1. The van der Waals surface area contributed by atoms with Gasteiger partial charge in [-0.25, -0.2) is 0 Å². The molecule has 2 rings (SSSR count). The topological polar surface area (TPSA) is 38.3 Å². The van der Waals surface area contributed by atoms with E-state index in [9.17, 15) is 18.0 Å². The molecule has 0 aliphatic carbocycles. The second-order valence-electron chi connectivity index (χ2n) is 4.88. The number of methoxy groups -OCH3 is 1. The van der Waals surface area contributed by atoms with Crippen molar-refractivity contribution in [3.05, 3.63) is 42.5 Å². The number of nitrogens with one attached hydrogen (secondary N) is 1. The molecule has 3 nitrogen and oxygen atoms in total. The van der Waals surface area contributed by atoms with Crippen LogP contribution in [0.4, 0.5) is 18.9 Å². The minimum Gasteiger partial charge on any atom is -0.469 e. The summed E-state index contributed by atoms with van der Waals surface area (Å²) in [7, 11) is 1.16. The van der Waals surface area contributed by atoms with Crippen LogP contribution in [0.25, 0.3) is 10.8 Å². The molecule has 0 spiro atoms. The number of fused-ring (bicyclic) bond motifs is 1. The number of halogens is 3. The lowest BCUT2D eigenvalue weighted by Crippen LogP contribution is -2.36. The molecule has 0 heterocycles. The third-order valence-corrected chi connectivity index (χ3v) is 3.38. The molecular weight excluding hydrogens is 295 g/mol. The van der Waals surface area contributed by atoms with Crippen LogP contribution in [0.3, 0.4) is 0 Å². The van der Waals surface area contributed by atoms with Gasteiger partial charge in [-0.15, -0.1) is 0 Å². The van der Waals surface area contributed by atoms with Crippen LogP contribution >= 0.6 is 0 Å². The molecule has 0 aliphatic heterocycles. The number of carbonyl (C=O) groups is 1. The number of rotatable bonds is 5. The van der Waals surface area contributed by atoms with E-state index in [1.54, 1.807) is 24.3 Å². The number of hydrogen-bond donors (Lipinski definition) is 1. The van der Waals surface area contributed by atoms with Gasteiger partial charge >= 0.3 is 12.1 Å². The highest BCUT2D eigenvalue weighted by atomic mass is 19.4. The maximum absolute atomic E-state index is 13.1. The molecule has 0 aliphatic rings. The predicted octanol–water partition coefficient (Wildman–Crippen LogP) is 4.14. The maximum Gasteiger partial charge on any atom is 0.408 e. The minimum absolute atomic E-state index is 0.293. The van der Waals surface area contributed by atoms with E-state index in [0.29, 0.717) is 11.1 Å². The van der Waals surface area contributed by atoms with Crippen LogP contribution in [-0.2, 0) is 9.53 Å². The molecule has 0 bridgehead atoms. The molecule has 1 atom stereocenters. The van der Waals surface area contributed by atoms with Gasteiger partial charge in [0.25, 0.3) is 0 Å². The van der Waals surface area contributed by atoms with Crippen LogP contribution in [0.1, 0.15) is 12.8 Å². The van der Waals surface area contributed by atoms with Gasteiger partial charge in [0.2, 0.25) is 0 Å². The van der Waals surface area contributed by atoms with Crippen LogP contribution in [0.5, 0.6) is 0 Å². The molecule has 118 valence electrons. The van der Waals surface area contributed by atoms with Crippen molar-refractivity contribution in [2.75, 3.05) is 12.4 Å². The predicted molar refractivity (Wildman–Crippen MR) is 78.7 cm³/mol. The summed E-state index contributed by atoms with van der Waals surface area (Å²) in [6.07, 6.45) is -5.12. The minimum atomic E-state index is -4.45. The molecule has 0 aromatic heterocycles. The SMILES string of the molecule is COC(=O)CC[C@@H](Nc1cccc2ccccc12)C(F)(F)F. The Balaban J connectivity index is 2.23. The van der Waals surface area contributed by atoms with Gasteiger partial charge in [-0.2, -0.15) is 13.2 Å². The average Bonchev–Trinajstić information content (AvgIpc) is 2.50. The number of hydrogen-bond acceptors (Lipinski definition) is 3. The summed E-state index contributed by atoms with van der Waals surface area (Å²) in [5.41, 5.74) is 0.394. The molecule has 0 amide bonds. The maximum atomic E-state index is 13.1. The molecule has 0 radical (unpaired) electrons. The monoisotopic (exact) mass is 311 g/mol. The van der Waals surface area contributed by atoms with Gasteiger partial charge in [-0.05, 0) is 17.9 Å². The van der Waals surface area contributed by atoms with Crippen LogP contribution in [0.15, 0.2) is 42.5 Å². The first-order valence-corrected chi connectivity index (χ1v) is 6.79. The Morgan fingerprint density at radius 2 is 1.86 bits per heavy atom. The summed E-state index contributed by atoms with van der Waals surface area (Å²) in [5, 5.41) is 4.06. The highest BCUT2D eigenvalue weighted by molar-refractivity contribution is 5.93. The lowest BCUT2D eigenvalue weighted by atomic mass is 10.1. The largest absolute Gasteiger partial charge is 0.469 e. The van der Waals surface area contributed by atoms with Gasteiger partial charge in [0, 0.05) is 17.5 Å². The number of alkyl halides is 3. The Morgan fingerprint density at radius 3 is 2.55 bits per heavy atom. The van der Waals surface area contributed by atoms with Crippen LogP contribution < -0.4 is 5.32 Å². The van der Waals surface area contributed by atoms with Gasteiger partial charge in [-0.3, -0.25) is 4.79 Å². The summed E-state index contributed by atoms with van der Waals surface area (Å²) < 4.78 is 43.8. The zero-order valence-electron chi connectivity index (χ0n) is 12.0. The highest BCUT2D eigenvalue weighted by Crippen LogP contribution is 2.30. The first kappa shape index (κ1) is 16.1. The molecule has 0 unspecified atom stereocenters. The molecule has 22 heavy (non-hydrogen) atoms. The quantitative estimate of drug-likeness (QED) is 0.844. The van der Waals surface area contributed by atoms with Crippen molar-refractivity contribution in [2.45, 2.75) is 25.1 Å². The van der Waals surface area contributed by atoms with E-state index < -0.39 is 18.2 Å². The summed E-state index contributed by atoms with van der Waals surface area (Å²) >= 11 is 0. The lowest BCUT2D eigenvalue weighted by Gasteiger charge is -2.23. The number of benzene rings is 2. The van der Waals surface area contributed by atoms with Crippen molar-refractivity contribution < 1.29 is 22.7 Å². The van der Waals surface area contributed by atoms with E-state index in [4.69, 9.17) is 0 Å². The Morgan fingerprint density at radius 1 is 1.18 bits per heavy atom. The molecule has 2 aromatic carbocycles. The summed E-state index contributed by atoms with van der Waals surface area (Å²) in [4.78, 5) is 11.1. The van der Waals surface area contributed by atoms with Crippen LogP contribution in [0, 0.1) is 0 Å². The first-order valence-electron chi connectivity index (χ1n) is 6.79. The highest BCUT2D eigenvalue weighted by Gasteiger charge is 2.39. The first-order chi connectivity index (χ1) is 10.4. The molecule has 0 saturated carbocycles. The summed E-state index contributed by atoms with van der Waals surface area (Å²) in [5.74, 6) is -0.658. The number of esters is 1. The average molecular weight is 311 g/mol. The van der Waals surface area contributed by atoms with Crippen molar-refractivity contribution in [3.63, 3.8) is 0 Å². The van der Waals surface area contributed by atoms with E-state index in [1.807, 2.05) is 18.2 Å². The Kier molecular flexibility index (Phi) is 4.90. The zero-order valence-corrected chi connectivity index (χ0v) is 12.0. The molecule has 2 aromatic rings. The standard InChI is InChI=1S/C16H16F3NO2/c1-22-15(21)10-9-14(16(17,18)19)20-13-8-4-6-11-5-2-3-7-12(11)13/h2-8,14,20H,9-10H2,1H3/t14-/m1/s1. The van der Waals surface area contributed by atoms with Crippen molar-refractivity contribution >= 4 is 22.4 Å². The molecule has 6 heteroatoms. The second-order valence-corrected chi connectivity index (χ2v) is 4.88. The van der Waals surface area contributed by atoms with E-state index in [-0.39, 0.29) is 12.8 Å². The second kappa shape index (κ2) is 6.68. The summed E-state index contributed by atoms with van der Waals surface area (Å²) in [6.45, 7) is 0. The fourth-order valence-corrected chi connectivity index (χ4v) is 2.22. The molecule has 1 N–H and O–H groups in total. The van der Waals surface area contributed by atoms with Gasteiger partial charge < -0.3 is 10.1 Å². The van der Waals surface area contributed by atoms with Gasteiger partial charge in [0.15, 0.2) is 0 Å². The Labute approximate surface area is 126 Å². The van der Waals surface area contributed by atoms with E-state index >= 15 is 0 Å². The van der Waals surface area contributed by atoms with Crippen LogP contribution in [-0.4, -0.2) is 25.3 Å². The van der Waals surface area contributed by atoms with Crippen molar-refractivity contribution in [1.29, 1.82) is 0 Å².